The number of Topliss-reactive ketones (excluding diaryl/α,β-unsaturated/α-hetero) is 1. The number of nitrogens with one attached hydrogen (secondary N) is 1. The van der Waals surface area contributed by atoms with Crippen molar-refractivity contribution in [3.63, 3.8) is 0 Å². The van der Waals surface area contributed by atoms with E-state index in [-0.39, 0.29) is 13.0 Å². The minimum Gasteiger partial charge on any atom is -0.497 e. The van der Waals surface area contributed by atoms with Crippen LogP contribution in [0.2, 0.25) is 0 Å². The van der Waals surface area contributed by atoms with Gasteiger partial charge in [0.25, 0.3) is 5.91 Å². The summed E-state index contributed by atoms with van der Waals surface area (Å²) in [6, 6.07) is 6.98. The van der Waals surface area contributed by atoms with Crippen molar-refractivity contribution in [3.8, 4) is 5.75 Å². The van der Waals surface area contributed by atoms with Crippen LogP contribution in [0.1, 0.15) is 5.56 Å². The first-order chi connectivity index (χ1) is 9.60. The maximum atomic E-state index is 11.7. The molecule has 0 radical (unpaired) electrons. The molecule has 0 bridgehead atoms. The summed E-state index contributed by atoms with van der Waals surface area (Å²) in [6.45, 7) is 0.125. The number of benzene rings is 1. The van der Waals surface area contributed by atoms with E-state index in [2.05, 4.69) is 5.32 Å². The van der Waals surface area contributed by atoms with Crippen LogP contribution in [-0.2, 0) is 25.5 Å². The van der Waals surface area contributed by atoms with Crippen LogP contribution in [0.15, 0.2) is 24.3 Å². The molecule has 0 saturated carbocycles. The lowest BCUT2D eigenvalue weighted by Gasteiger charge is -2.13. The lowest BCUT2D eigenvalue weighted by Crippen LogP contribution is -2.38. The van der Waals surface area contributed by atoms with Crippen LogP contribution in [-0.4, -0.2) is 45.9 Å². The van der Waals surface area contributed by atoms with Crippen LogP contribution in [0, 0.1) is 0 Å². The van der Waals surface area contributed by atoms with E-state index in [1.807, 2.05) is 0 Å². The summed E-state index contributed by atoms with van der Waals surface area (Å²) in [5, 5.41) is 2.46. The highest BCUT2D eigenvalue weighted by atomic mass is 16.7. The monoisotopic (exact) mass is 281 g/mol. The summed E-state index contributed by atoms with van der Waals surface area (Å²) in [4.78, 5) is 23.3. The molecule has 0 aliphatic heterocycles. The highest BCUT2D eigenvalue weighted by Crippen LogP contribution is 2.11. The van der Waals surface area contributed by atoms with Crippen molar-refractivity contribution in [2.45, 2.75) is 12.7 Å². The molecule has 1 amide bonds. The molecular formula is C14H19NO5. The molecule has 1 aromatic rings. The van der Waals surface area contributed by atoms with E-state index in [0.717, 1.165) is 5.56 Å². The normalized spacial score (nSPS) is 10.4. The number of methoxy groups -OCH3 is 3. The van der Waals surface area contributed by atoms with Crippen LogP contribution in [0.3, 0.4) is 0 Å². The summed E-state index contributed by atoms with van der Waals surface area (Å²) in [6.07, 6.45) is -0.520. The Hall–Kier alpha value is -1.92. The Bertz CT molecular complexity index is 439. The molecule has 6 nitrogen and oxygen atoms in total. The quantitative estimate of drug-likeness (QED) is 0.556. The van der Waals surface area contributed by atoms with Crippen molar-refractivity contribution in [1.82, 2.24) is 5.32 Å². The van der Waals surface area contributed by atoms with Crippen LogP contribution in [0.25, 0.3) is 0 Å². The van der Waals surface area contributed by atoms with Crippen LogP contribution in [0.4, 0.5) is 0 Å². The fourth-order valence-corrected chi connectivity index (χ4v) is 1.55. The summed E-state index contributed by atoms with van der Waals surface area (Å²) in [5.74, 6) is -0.463. The van der Waals surface area contributed by atoms with E-state index in [0.29, 0.717) is 5.75 Å². The third-order valence-electron chi connectivity index (χ3n) is 2.73. The fourth-order valence-electron chi connectivity index (χ4n) is 1.55. The van der Waals surface area contributed by atoms with Crippen molar-refractivity contribution < 1.29 is 23.8 Å². The summed E-state index contributed by atoms with van der Waals surface area (Å²) in [5.41, 5.74) is 0.751. The first-order valence-electron chi connectivity index (χ1n) is 6.10. The molecule has 0 atom stereocenters. The highest BCUT2D eigenvalue weighted by molar-refractivity contribution is 6.36. The Morgan fingerprint density at radius 1 is 1.10 bits per heavy atom. The second-order valence-corrected chi connectivity index (χ2v) is 4.06. The zero-order chi connectivity index (χ0) is 15.0. The number of amides is 1. The summed E-state index contributed by atoms with van der Waals surface area (Å²) in [7, 11) is 4.48. The van der Waals surface area contributed by atoms with Crippen LogP contribution < -0.4 is 10.1 Å². The summed E-state index contributed by atoms with van der Waals surface area (Å²) < 4.78 is 14.8. The van der Waals surface area contributed by atoms with Crippen LogP contribution >= 0.6 is 0 Å². The summed E-state index contributed by atoms with van der Waals surface area (Å²) >= 11 is 0. The number of hydrogen-bond donors (Lipinski definition) is 1. The van der Waals surface area contributed by atoms with E-state index >= 15 is 0 Å². The lowest BCUT2D eigenvalue weighted by molar-refractivity contribution is -0.140. The average Bonchev–Trinajstić information content (AvgIpc) is 2.48. The van der Waals surface area contributed by atoms with Gasteiger partial charge in [0.1, 0.15) is 5.75 Å². The standard InChI is InChI=1S/C14H19NO5/c1-18-11-6-4-10(5-7-11)8-12(16)14(17)15-9-13(19-2)20-3/h4-7,13H,8-9H2,1-3H3,(H,15,17). The van der Waals surface area contributed by atoms with Gasteiger partial charge < -0.3 is 19.5 Å². The highest BCUT2D eigenvalue weighted by Gasteiger charge is 2.16. The third-order valence-corrected chi connectivity index (χ3v) is 2.73. The minimum absolute atomic E-state index is 0.0421. The molecule has 0 unspecified atom stereocenters. The fraction of sp³-hybridized carbons (Fsp3) is 0.429. The van der Waals surface area contributed by atoms with E-state index in [9.17, 15) is 9.59 Å². The molecule has 0 heterocycles. The number of ketones is 1. The third kappa shape index (κ3) is 4.99. The van der Waals surface area contributed by atoms with Crippen molar-refractivity contribution in [3.05, 3.63) is 29.8 Å². The van der Waals surface area contributed by atoms with Gasteiger partial charge >= 0.3 is 0 Å². The van der Waals surface area contributed by atoms with Gasteiger partial charge in [-0.25, -0.2) is 0 Å². The SMILES string of the molecule is COc1ccc(CC(=O)C(=O)NCC(OC)OC)cc1. The smallest absolute Gasteiger partial charge is 0.287 e. The van der Waals surface area contributed by atoms with Gasteiger partial charge in [-0.1, -0.05) is 12.1 Å². The zero-order valence-electron chi connectivity index (χ0n) is 11.8. The van der Waals surface area contributed by atoms with E-state index in [1.165, 1.54) is 14.2 Å². The van der Waals surface area contributed by atoms with Gasteiger partial charge in [0, 0.05) is 20.6 Å². The molecule has 20 heavy (non-hydrogen) atoms. The van der Waals surface area contributed by atoms with Gasteiger partial charge in [-0.15, -0.1) is 0 Å². The Balaban J connectivity index is 2.46. The Morgan fingerprint density at radius 3 is 2.20 bits per heavy atom. The minimum atomic E-state index is -0.653. The van der Waals surface area contributed by atoms with Crippen molar-refractivity contribution in [2.75, 3.05) is 27.9 Å². The first kappa shape index (κ1) is 16.1. The Kier molecular flexibility index (Phi) is 6.69. The number of carbonyl (C=O) groups is 2. The number of ether oxygens (including phenoxy) is 3. The molecule has 0 fully saturated rings. The molecule has 0 spiro atoms. The lowest BCUT2D eigenvalue weighted by atomic mass is 10.1. The second kappa shape index (κ2) is 8.29. The van der Waals surface area contributed by atoms with Gasteiger partial charge in [0.05, 0.1) is 13.7 Å². The van der Waals surface area contributed by atoms with Crippen LogP contribution in [0.5, 0.6) is 5.75 Å². The average molecular weight is 281 g/mol. The molecular weight excluding hydrogens is 262 g/mol. The number of rotatable bonds is 8. The predicted molar refractivity (Wildman–Crippen MR) is 72.5 cm³/mol. The van der Waals surface area contributed by atoms with Gasteiger partial charge in [-0.3, -0.25) is 9.59 Å². The maximum absolute atomic E-state index is 11.7. The second-order valence-electron chi connectivity index (χ2n) is 4.06. The Morgan fingerprint density at radius 2 is 1.70 bits per heavy atom. The van der Waals surface area contributed by atoms with E-state index in [4.69, 9.17) is 14.2 Å². The number of carbonyl (C=O) groups excluding carboxylic acids is 2. The predicted octanol–water partition coefficient (Wildman–Crippen LogP) is 0.542. The van der Waals surface area contributed by atoms with Gasteiger partial charge in [-0.2, -0.15) is 0 Å². The molecule has 0 aromatic heterocycles. The zero-order valence-corrected chi connectivity index (χ0v) is 11.8. The molecule has 0 aliphatic rings. The molecule has 1 rings (SSSR count). The molecule has 1 N–H and O–H groups in total. The van der Waals surface area contributed by atoms with Crippen molar-refractivity contribution in [2.24, 2.45) is 0 Å². The molecule has 110 valence electrons. The van der Waals surface area contributed by atoms with Gasteiger partial charge in [0.2, 0.25) is 5.78 Å². The topological polar surface area (TPSA) is 73.9 Å². The van der Waals surface area contributed by atoms with E-state index < -0.39 is 18.0 Å². The van der Waals surface area contributed by atoms with Gasteiger partial charge in [-0.05, 0) is 17.7 Å². The van der Waals surface area contributed by atoms with Crippen molar-refractivity contribution in [1.29, 1.82) is 0 Å². The molecule has 0 saturated heterocycles. The van der Waals surface area contributed by atoms with E-state index in [1.54, 1.807) is 31.4 Å². The molecule has 6 heteroatoms. The maximum Gasteiger partial charge on any atom is 0.287 e. The largest absolute Gasteiger partial charge is 0.497 e. The van der Waals surface area contributed by atoms with Gasteiger partial charge in [0.15, 0.2) is 6.29 Å². The Labute approximate surface area is 118 Å². The first-order valence-corrected chi connectivity index (χ1v) is 6.10. The molecule has 0 aliphatic carbocycles. The molecule has 1 aromatic carbocycles. The van der Waals surface area contributed by atoms with Crippen molar-refractivity contribution >= 4 is 11.7 Å². The number of hydrogen-bond acceptors (Lipinski definition) is 5.